The fourth-order valence-electron chi connectivity index (χ4n) is 0.771. The summed E-state index contributed by atoms with van der Waals surface area (Å²) in [5.74, 6) is 0.478. The van der Waals surface area contributed by atoms with Gasteiger partial charge in [0.05, 0.1) is 0 Å². The van der Waals surface area contributed by atoms with Crippen LogP contribution in [-0.2, 0) is 0 Å². The summed E-state index contributed by atoms with van der Waals surface area (Å²) in [7, 11) is 0. The van der Waals surface area contributed by atoms with Crippen molar-refractivity contribution in [3.63, 3.8) is 0 Å². The Labute approximate surface area is 73.2 Å². The van der Waals surface area contributed by atoms with Crippen molar-refractivity contribution in [1.29, 1.82) is 0 Å². The van der Waals surface area contributed by atoms with E-state index in [-0.39, 0.29) is 6.03 Å². The van der Waals surface area contributed by atoms with Crippen LogP contribution in [0.1, 0.15) is 26.7 Å². The Balaban J connectivity index is 2.08. The number of carbonyl (C=O) groups excluding carboxylic acids is 1. The molecule has 1 aliphatic carbocycles. The molecule has 1 aliphatic rings. The zero-order valence-corrected chi connectivity index (χ0v) is 7.63. The first kappa shape index (κ1) is 9.10. The van der Waals surface area contributed by atoms with Crippen LogP contribution < -0.4 is 10.6 Å². The fraction of sp³-hybridized carbons (Fsp3) is 0.667. The van der Waals surface area contributed by atoms with Gasteiger partial charge in [-0.3, -0.25) is 0 Å². The van der Waals surface area contributed by atoms with Gasteiger partial charge in [-0.05, 0) is 18.8 Å². The molecular formula is C9H16N2O. The molecule has 0 aromatic carbocycles. The minimum absolute atomic E-state index is 0.0885. The van der Waals surface area contributed by atoms with E-state index in [1.807, 2.05) is 6.08 Å². The summed E-state index contributed by atoms with van der Waals surface area (Å²) < 4.78 is 0. The quantitative estimate of drug-likeness (QED) is 0.660. The topological polar surface area (TPSA) is 41.1 Å². The van der Waals surface area contributed by atoms with Gasteiger partial charge in [-0.15, -0.1) is 0 Å². The van der Waals surface area contributed by atoms with E-state index in [9.17, 15) is 4.79 Å². The Bertz CT molecular complexity index is 183. The normalized spacial score (nSPS) is 16.9. The Morgan fingerprint density at radius 2 is 2.17 bits per heavy atom. The molecule has 0 aromatic rings. The number of amides is 2. The third kappa shape index (κ3) is 4.01. The van der Waals surface area contributed by atoms with Crippen molar-refractivity contribution in [3.8, 4) is 0 Å². The third-order valence-corrected chi connectivity index (χ3v) is 1.61. The molecule has 0 aliphatic heterocycles. The predicted molar refractivity (Wildman–Crippen MR) is 48.7 cm³/mol. The van der Waals surface area contributed by atoms with Gasteiger partial charge in [-0.1, -0.05) is 19.9 Å². The summed E-state index contributed by atoms with van der Waals surface area (Å²) in [6.45, 7) is 4.13. The minimum atomic E-state index is -0.0885. The van der Waals surface area contributed by atoms with E-state index < -0.39 is 0 Å². The molecule has 0 heterocycles. The SMILES string of the molecule is CC(C)/C=C/NC(=O)NC1CC1. The molecular weight excluding hydrogens is 152 g/mol. The van der Waals surface area contributed by atoms with Crippen LogP contribution >= 0.6 is 0 Å². The summed E-state index contributed by atoms with van der Waals surface area (Å²) in [5, 5.41) is 5.48. The smallest absolute Gasteiger partial charge is 0.318 e. The fourth-order valence-corrected chi connectivity index (χ4v) is 0.771. The summed E-state index contributed by atoms with van der Waals surface area (Å²) >= 11 is 0. The first-order chi connectivity index (χ1) is 5.68. The van der Waals surface area contributed by atoms with E-state index in [0.717, 1.165) is 12.8 Å². The van der Waals surface area contributed by atoms with Crippen molar-refractivity contribution in [2.24, 2.45) is 5.92 Å². The van der Waals surface area contributed by atoms with Gasteiger partial charge in [0.2, 0.25) is 0 Å². The molecule has 0 radical (unpaired) electrons. The summed E-state index contributed by atoms with van der Waals surface area (Å²) in [6.07, 6.45) is 5.90. The van der Waals surface area contributed by atoms with Gasteiger partial charge >= 0.3 is 6.03 Å². The van der Waals surface area contributed by atoms with E-state index in [0.29, 0.717) is 12.0 Å². The minimum Gasteiger partial charge on any atom is -0.335 e. The number of hydrogen-bond donors (Lipinski definition) is 2. The predicted octanol–water partition coefficient (Wildman–Crippen LogP) is 1.62. The monoisotopic (exact) mass is 168 g/mol. The maximum Gasteiger partial charge on any atom is 0.318 e. The number of hydrogen-bond acceptors (Lipinski definition) is 1. The van der Waals surface area contributed by atoms with Crippen molar-refractivity contribution in [2.45, 2.75) is 32.7 Å². The van der Waals surface area contributed by atoms with Crippen molar-refractivity contribution < 1.29 is 4.79 Å². The molecule has 68 valence electrons. The molecule has 2 amide bonds. The lowest BCUT2D eigenvalue weighted by atomic mass is 10.2. The lowest BCUT2D eigenvalue weighted by molar-refractivity contribution is 0.243. The molecule has 0 spiro atoms. The number of carbonyl (C=O) groups is 1. The first-order valence-corrected chi connectivity index (χ1v) is 4.42. The molecule has 0 unspecified atom stereocenters. The van der Waals surface area contributed by atoms with Crippen LogP contribution in [0, 0.1) is 5.92 Å². The van der Waals surface area contributed by atoms with Crippen molar-refractivity contribution in [3.05, 3.63) is 12.3 Å². The van der Waals surface area contributed by atoms with Crippen molar-refractivity contribution in [1.82, 2.24) is 10.6 Å². The Morgan fingerprint density at radius 3 is 2.67 bits per heavy atom. The van der Waals surface area contributed by atoms with Gasteiger partial charge in [0.1, 0.15) is 0 Å². The standard InChI is InChI=1S/C9H16N2O/c1-7(2)5-6-10-9(12)11-8-3-4-8/h5-8H,3-4H2,1-2H3,(H2,10,11,12)/b6-5+. The zero-order valence-electron chi connectivity index (χ0n) is 7.63. The van der Waals surface area contributed by atoms with Gasteiger partial charge in [-0.2, -0.15) is 0 Å². The van der Waals surface area contributed by atoms with Crippen LogP contribution in [-0.4, -0.2) is 12.1 Å². The van der Waals surface area contributed by atoms with Crippen LogP contribution in [0.25, 0.3) is 0 Å². The van der Waals surface area contributed by atoms with Crippen molar-refractivity contribution in [2.75, 3.05) is 0 Å². The van der Waals surface area contributed by atoms with E-state index in [1.165, 1.54) is 0 Å². The van der Waals surface area contributed by atoms with Crippen LogP contribution in [0.2, 0.25) is 0 Å². The average Bonchev–Trinajstić information content (AvgIpc) is 2.70. The number of rotatable bonds is 3. The molecule has 0 atom stereocenters. The van der Waals surface area contributed by atoms with Crippen LogP contribution in [0.3, 0.4) is 0 Å². The molecule has 3 nitrogen and oxygen atoms in total. The lowest BCUT2D eigenvalue weighted by Gasteiger charge is -2.01. The Kier molecular flexibility index (Phi) is 3.14. The van der Waals surface area contributed by atoms with E-state index in [4.69, 9.17) is 0 Å². The van der Waals surface area contributed by atoms with Gasteiger partial charge in [-0.25, -0.2) is 4.79 Å². The maximum atomic E-state index is 11.0. The number of allylic oxidation sites excluding steroid dienone is 1. The molecule has 1 saturated carbocycles. The molecule has 0 saturated heterocycles. The molecule has 0 bridgehead atoms. The summed E-state index contributed by atoms with van der Waals surface area (Å²) in [4.78, 5) is 11.0. The second-order valence-corrected chi connectivity index (χ2v) is 3.50. The second-order valence-electron chi connectivity index (χ2n) is 3.50. The van der Waals surface area contributed by atoms with Crippen LogP contribution in [0.15, 0.2) is 12.3 Å². The molecule has 1 fully saturated rings. The molecule has 1 rings (SSSR count). The number of urea groups is 1. The van der Waals surface area contributed by atoms with Crippen LogP contribution in [0.5, 0.6) is 0 Å². The van der Waals surface area contributed by atoms with Gasteiger partial charge in [0.15, 0.2) is 0 Å². The highest BCUT2D eigenvalue weighted by atomic mass is 16.2. The summed E-state index contributed by atoms with van der Waals surface area (Å²) in [5.41, 5.74) is 0. The Morgan fingerprint density at radius 1 is 1.50 bits per heavy atom. The largest absolute Gasteiger partial charge is 0.335 e. The summed E-state index contributed by atoms with van der Waals surface area (Å²) in [6, 6.07) is 0.340. The van der Waals surface area contributed by atoms with Crippen LogP contribution in [0.4, 0.5) is 4.79 Å². The molecule has 2 N–H and O–H groups in total. The van der Waals surface area contributed by atoms with Gasteiger partial charge in [0, 0.05) is 12.2 Å². The molecule has 3 heteroatoms. The van der Waals surface area contributed by atoms with Crippen molar-refractivity contribution >= 4 is 6.03 Å². The zero-order chi connectivity index (χ0) is 8.97. The van der Waals surface area contributed by atoms with Gasteiger partial charge in [0.25, 0.3) is 0 Å². The first-order valence-electron chi connectivity index (χ1n) is 4.42. The second kappa shape index (κ2) is 4.14. The lowest BCUT2D eigenvalue weighted by Crippen LogP contribution is -2.33. The third-order valence-electron chi connectivity index (χ3n) is 1.61. The number of nitrogens with one attached hydrogen (secondary N) is 2. The van der Waals surface area contributed by atoms with Gasteiger partial charge < -0.3 is 10.6 Å². The van der Waals surface area contributed by atoms with E-state index in [1.54, 1.807) is 6.20 Å². The highest BCUT2D eigenvalue weighted by molar-refractivity contribution is 5.75. The maximum absolute atomic E-state index is 11.0. The average molecular weight is 168 g/mol. The molecule has 12 heavy (non-hydrogen) atoms. The highest BCUT2D eigenvalue weighted by Crippen LogP contribution is 2.18. The Hall–Kier alpha value is -0.990. The highest BCUT2D eigenvalue weighted by Gasteiger charge is 2.22. The van der Waals surface area contributed by atoms with E-state index >= 15 is 0 Å². The van der Waals surface area contributed by atoms with E-state index in [2.05, 4.69) is 24.5 Å². The molecule has 0 aromatic heterocycles.